The lowest BCUT2D eigenvalue weighted by Crippen LogP contribution is -2.28. The smallest absolute Gasteiger partial charge is 0.260 e. The molecule has 6 heterocycles. The van der Waals surface area contributed by atoms with Crippen LogP contribution < -0.4 is 15.5 Å². The van der Waals surface area contributed by atoms with E-state index in [1.165, 1.54) is 0 Å². The molecule has 1 saturated heterocycles. The summed E-state index contributed by atoms with van der Waals surface area (Å²) in [6, 6.07) is 8.17. The van der Waals surface area contributed by atoms with Gasteiger partial charge in [-0.15, -0.1) is 10.2 Å². The van der Waals surface area contributed by atoms with Crippen molar-refractivity contribution in [3.8, 4) is 11.5 Å². The number of nitrogens with zero attached hydrogens (tertiary/aromatic N) is 7. The van der Waals surface area contributed by atoms with E-state index in [2.05, 4.69) is 33.5 Å². The first-order chi connectivity index (χ1) is 16.4. The van der Waals surface area contributed by atoms with Gasteiger partial charge in [0.05, 0.1) is 17.8 Å². The van der Waals surface area contributed by atoms with Crippen LogP contribution in [0.15, 0.2) is 24.3 Å². The van der Waals surface area contributed by atoms with E-state index in [9.17, 15) is 4.79 Å². The summed E-state index contributed by atoms with van der Waals surface area (Å²) in [6.45, 7) is 7.68. The van der Waals surface area contributed by atoms with Gasteiger partial charge in [-0.3, -0.25) is 9.69 Å². The number of hydrogen-bond acceptors (Lipinski definition) is 7. The average molecular weight is 459 g/mol. The van der Waals surface area contributed by atoms with Crippen LogP contribution in [0.5, 0.6) is 0 Å². The fraction of sp³-hybridized carbons (Fsp3) is 0.480. The van der Waals surface area contributed by atoms with Gasteiger partial charge in [-0.05, 0) is 58.2 Å². The number of rotatable bonds is 4. The molecule has 2 N–H and O–H groups in total. The molecule has 176 valence electrons. The van der Waals surface area contributed by atoms with Crippen LogP contribution >= 0.6 is 0 Å². The highest BCUT2D eigenvalue weighted by molar-refractivity contribution is 6.10. The lowest BCUT2D eigenvalue weighted by atomic mass is 10.0. The highest BCUT2D eigenvalue weighted by Crippen LogP contribution is 2.36. The summed E-state index contributed by atoms with van der Waals surface area (Å²) < 4.78 is 2.16. The summed E-state index contributed by atoms with van der Waals surface area (Å²) in [6.07, 6.45) is 4.25. The fourth-order valence-electron chi connectivity index (χ4n) is 5.59. The fourth-order valence-corrected chi connectivity index (χ4v) is 5.59. The van der Waals surface area contributed by atoms with E-state index >= 15 is 0 Å². The van der Waals surface area contributed by atoms with Crippen LogP contribution in [0.4, 0.5) is 11.6 Å². The molecule has 3 aliphatic rings. The minimum atomic E-state index is -0.265. The normalized spacial score (nSPS) is 22.4. The second kappa shape index (κ2) is 7.87. The summed E-state index contributed by atoms with van der Waals surface area (Å²) >= 11 is 0. The van der Waals surface area contributed by atoms with E-state index in [0.29, 0.717) is 30.0 Å². The number of pyridine rings is 2. The maximum Gasteiger partial charge on any atom is 0.260 e. The van der Waals surface area contributed by atoms with Gasteiger partial charge in [0.15, 0.2) is 5.82 Å². The van der Waals surface area contributed by atoms with Crippen LogP contribution in [0.25, 0.3) is 11.5 Å². The largest absolute Gasteiger partial charge is 0.354 e. The van der Waals surface area contributed by atoms with E-state index in [0.717, 1.165) is 66.6 Å². The van der Waals surface area contributed by atoms with Gasteiger partial charge in [-0.1, -0.05) is 6.07 Å². The SMILES string of the molecule is C[C@H](N)c1nc(N2CCC[C@H]2C)cc2c1CN(c1cccc(-c3nnc4n3[C@H](C)CC4)n1)C2=O. The van der Waals surface area contributed by atoms with Crippen molar-refractivity contribution in [3.63, 3.8) is 0 Å². The lowest BCUT2D eigenvalue weighted by Gasteiger charge is -2.24. The Morgan fingerprint density at radius 1 is 1.09 bits per heavy atom. The first-order valence-corrected chi connectivity index (χ1v) is 12.2. The number of carbonyl (C=O) groups is 1. The number of fused-ring (bicyclic) bond motifs is 2. The van der Waals surface area contributed by atoms with Crippen LogP contribution in [0.2, 0.25) is 0 Å². The third-order valence-corrected chi connectivity index (χ3v) is 7.45. The number of amides is 1. The first-order valence-electron chi connectivity index (χ1n) is 12.2. The molecule has 3 aromatic rings. The monoisotopic (exact) mass is 458 g/mol. The highest BCUT2D eigenvalue weighted by Gasteiger charge is 2.35. The van der Waals surface area contributed by atoms with Gasteiger partial charge >= 0.3 is 0 Å². The van der Waals surface area contributed by atoms with Gasteiger partial charge in [-0.2, -0.15) is 0 Å². The van der Waals surface area contributed by atoms with Gasteiger partial charge in [0.1, 0.15) is 23.2 Å². The van der Waals surface area contributed by atoms with Crippen LogP contribution in [0, 0.1) is 0 Å². The molecule has 6 rings (SSSR count). The highest BCUT2D eigenvalue weighted by atomic mass is 16.2. The maximum atomic E-state index is 13.6. The van der Waals surface area contributed by atoms with Crippen LogP contribution in [0.1, 0.15) is 79.6 Å². The number of aryl methyl sites for hydroxylation is 1. The van der Waals surface area contributed by atoms with Crippen molar-refractivity contribution in [2.24, 2.45) is 5.73 Å². The van der Waals surface area contributed by atoms with Gasteiger partial charge in [0, 0.05) is 36.7 Å². The molecule has 0 radical (unpaired) electrons. The predicted molar refractivity (Wildman–Crippen MR) is 130 cm³/mol. The topological polar surface area (TPSA) is 106 Å². The third kappa shape index (κ3) is 3.21. The second-order valence-corrected chi connectivity index (χ2v) is 9.83. The Labute approximate surface area is 199 Å². The Bertz CT molecular complexity index is 1280. The Morgan fingerprint density at radius 2 is 1.94 bits per heavy atom. The number of hydrogen-bond donors (Lipinski definition) is 1. The van der Waals surface area contributed by atoms with Crippen molar-refractivity contribution < 1.29 is 4.79 Å². The van der Waals surface area contributed by atoms with Crippen molar-refractivity contribution in [2.45, 2.75) is 71.1 Å². The van der Waals surface area contributed by atoms with Gasteiger partial charge in [0.25, 0.3) is 5.91 Å². The van der Waals surface area contributed by atoms with Crippen molar-refractivity contribution >= 4 is 17.5 Å². The summed E-state index contributed by atoms with van der Waals surface area (Å²) in [7, 11) is 0. The molecule has 3 atom stereocenters. The molecule has 0 aromatic carbocycles. The zero-order valence-corrected chi connectivity index (χ0v) is 19.9. The number of nitrogens with two attached hydrogens (primary N) is 1. The second-order valence-electron chi connectivity index (χ2n) is 9.83. The quantitative estimate of drug-likeness (QED) is 0.638. The molecule has 9 nitrogen and oxygen atoms in total. The number of anilines is 2. The van der Waals surface area contributed by atoms with Crippen LogP contribution in [-0.2, 0) is 13.0 Å². The van der Waals surface area contributed by atoms with Gasteiger partial charge in [-0.25, -0.2) is 9.97 Å². The first kappa shape index (κ1) is 21.2. The molecular weight excluding hydrogens is 428 g/mol. The average Bonchev–Trinajstić information content (AvgIpc) is 3.59. The van der Waals surface area contributed by atoms with E-state index < -0.39 is 0 Å². The zero-order valence-electron chi connectivity index (χ0n) is 19.9. The van der Waals surface area contributed by atoms with E-state index in [4.69, 9.17) is 15.7 Å². The van der Waals surface area contributed by atoms with E-state index in [-0.39, 0.29) is 11.9 Å². The van der Waals surface area contributed by atoms with E-state index in [1.54, 1.807) is 4.90 Å². The molecule has 1 fully saturated rings. The molecule has 0 spiro atoms. The Hall–Kier alpha value is -3.33. The molecule has 0 bridgehead atoms. The van der Waals surface area contributed by atoms with Crippen molar-refractivity contribution in [1.82, 2.24) is 24.7 Å². The molecule has 34 heavy (non-hydrogen) atoms. The summed E-state index contributed by atoms with van der Waals surface area (Å²) in [4.78, 5) is 27.4. The lowest BCUT2D eigenvalue weighted by molar-refractivity contribution is 0.0996. The summed E-state index contributed by atoms with van der Waals surface area (Å²) in [5, 5.41) is 8.75. The molecule has 0 saturated carbocycles. The molecule has 0 aliphatic carbocycles. The summed E-state index contributed by atoms with van der Waals surface area (Å²) in [5.41, 5.74) is 9.43. The predicted octanol–water partition coefficient (Wildman–Crippen LogP) is 3.41. The van der Waals surface area contributed by atoms with Crippen LogP contribution in [-0.4, -0.2) is 43.2 Å². The Morgan fingerprint density at radius 3 is 2.71 bits per heavy atom. The van der Waals surface area contributed by atoms with Gasteiger partial charge in [0.2, 0.25) is 0 Å². The number of aromatic nitrogens is 5. The molecule has 3 aromatic heterocycles. The zero-order chi connectivity index (χ0) is 23.6. The van der Waals surface area contributed by atoms with Crippen molar-refractivity contribution in [3.05, 3.63) is 46.9 Å². The third-order valence-electron chi connectivity index (χ3n) is 7.45. The molecule has 9 heteroatoms. The van der Waals surface area contributed by atoms with Crippen LogP contribution in [0.3, 0.4) is 0 Å². The minimum absolute atomic E-state index is 0.0584. The molecule has 0 unspecified atom stereocenters. The van der Waals surface area contributed by atoms with Gasteiger partial charge < -0.3 is 15.2 Å². The van der Waals surface area contributed by atoms with Crippen molar-refractivity contribution in [1.29, 1.82) is 0 Å². The molecule has 3 aliphatic heterocycles. The molecular formula is C25H30N8O. The molecule has 1 amide bonds. The van der Waals surface area contributed by atoms with Crippen molar-refractivity contribution in [2.75, 3.05) is 16.3 Å². The summed E-state index contributed by atoms with van der Waals surface area (Å²) in [5.74, 6) is 3.15. The standard InChI is InChI=1S/C25H30N8O/c1-14-6-5-11-31(14)22-12-17-18(23(28-22)16(3)26)13-32(25(17)34)20-8-4-7-19(27-20)24-30-29-21-10-9-15(2)33(21)24/h4,7-8,12,14-16H,5-6,9-11,13,26H2,1-3H3/t14-,15-,16+/m1/s1. The Kier molecular flexibility index (Phi) is 4.91. The minimum Gasteiger partial charge on any atom is -0.354 e. The number of carbonyl (C=O) groups excluding carboxylic acids is 1. The Balaban J connectivity index is 1.38. The van der Waals surface area contributed by atoms with E-state index in [1.807, 2.05) is 31.2 Å². The maximum absolute atomic E-state index is 13.6.